The number of carbonyl (C=O) groups is 2. The zero-order chi connectivity index (χ0) is 22.4. The molecule has 0 aromatic heterocycles. The summed E-state index contributed by atoms with van der Waals surface area (Å²) in [6.07, 6.45) is 1.81. The molecule has 0 saturated heterocycles. The van der Waals surface area contributed by atoms with Crippen LogP contribution in [-0.4, -0.2) is 43.5 Å². The number of hydrogen-bond acceptors (Lipinski definition) is 5. The minimum atomic E-state index is -0.613. The maximum absolute atomic E-state index is 12.3. The molecule has 31 heavy (non-hydrogen) atoms. The van der Waals surface area contributed by atoms with Crippen LogP contribution in [0.4, 0.5) is 10.5 Å². The lowest BCUT2D eigenvalue weighted by atomic mass is 10.0. The Morgan fingerprint density at radius 3 is 2.65 bits per heavy atom. The van der Waals surface area contributed by atoms with E-state index in [9.17, 15) is 9.59 Å². The molecule has 3 rings (SSSR count). The molecule has 1 heterocycles. The summed E-state index contributed by atoms with van der Waals surface area (Å²) in [6.45, 7) is 0.700. The normalized spacial score (nSPS) is 13.8. The molecule has 0 saturated carbocycles. The van der Waals surface area contributed by atoms with Gasteiger partial charge >= 0.3 is 6.09 Å². The Morgan fingerprint density at radius 2 is 1.94 bits per heavy atom. The molecular formula is C21H19Br2IN2O5. The Labute approximate surface area is 210 Å². The Balaban J connectivity index is 1.66. The number of hydrogen-bond donors (Lipinski definition) is 3. The molecule has 10 heteroatoms. The van der Waals surface area contributed by atoms with E-state index in [4.69, 9.17) is 14.6 Å². The summed E-state index contributed by atoms with van der Waals surface area (Å²) in [6, 6.07) is 9.53. The second kappa shape index (κ2) is 11.4. The molecule has 1 aliphatic rings. The monoisotopic (exact) mass is 664 g/mol. The zero-order valence-electron chi connectivity index (χ0n) is 16.2. The van der Waals surface area contributed by atoms with Crippen molar-refractivity contribution in [3.05, 3.63) is 60.1 Å². The van der Waals surface area contributed by atoms with Crippen LogP contribution < -0.4 is 15.4 Å². The molecule has 2 aromatic rings. The topological polar surface area (TPSA) is 96.9 Å². The molecule has 0 bridgehead atoms. The van der Waals surface area contributed by atoms with Gasteiger partial charge in [-0.05, 0) is 96.8 Å². The van der Waals surface area contributed by atoms with Crippen molar-refractivity contribution in [1.82, 2.24) is 5.32 Å². The fourth-order valence-electron chi connectivity index (χ4n) is 2.93. The number of anilines is 1. The molecule has 0 atom stereocenters. The summed E-state index contributed by atoms with van der Waals surface area (Å²) in [5.74, 6) is 0.235. The van der Waals surface area contributed by atoms with Gasteiger partial charge < -0.3 is 25.2 Å². The van der Waals surface area contributed by atoms with Gasteiger partial charge in [-0.1, -0.05) is 6.08 Å². The first kappa shape index (κ1) is 24.2. The number of nitrogens with one attached hydrogen (secondary N) is 2. The largest absolute Gasteiger partial charge is 0.412 e. The van der Waals surface area contributed by atoms with E-state index in [0.717, 1.165) is 20.4 Å². The van der Waals surface area contributed by atoms with E-state index in [1.54, 1.807) is 0 Å². The highest BCUT2D eigenvalue weighted by Gasteiger charge is 2.24. The van der Waals surface area contributed by atoms with Gasteiger partial charge in [0.1, 0.15) is 0 Å². The van der Waals surface area contributed by atoms with Crippen LogP contribution in [0.25, 0.3) is 5.57 Å². The van der Waals surface area contributed by atoms with E-state index in [1.165, 1.54) is 0 Å². The third-order valence-electron chi connectivity index (χ3n) is 4.31. The van der Waals surface area contributed by atoms with Crippen LogP contribution in [0, 0.1) is 3.57 Å². The van der Waals surface area contributed by atoms with E-state index >= 15 is 0 Å². The number of fused-ring (bicyclic) bond motifs is 1. The molecule has 7 nitrogen and oxygen atoms in total. The van der Waals surface area contributed by atoms with Crippen LogP contribution in [0.1, 0.15) is 11.1 Å². The van der Waals surface area contributed by atoms with Gasteiger partial charge in [0.15, 0.2) is 5.75 Å². The first-order valence-corrected chi connectivity index (χ1v) is 12.0. The SMILES string of the molecule is O=C(NCCOCCO)Oc1c(Br)cc(C/C=C2\C(=O)Nc3ccc(I)cc32)cc1Br. The summed E-state index contributed by atoms with van der Waals surface area (Å²) in [5, 5.41) is 14.1. The predicted molar refractivity (Wildman–Crippen MR) is 133 cm³/mol. The van der Waals surface area contributed by atoms with Gasteiger partial charge in [0, 0.05) is 26.9 Å². The van der Waals surface area contributed by atoms with E-state index in [0.29, 0.717) is 26.7 Å². The lowest BCUT2D eigenvalue weighted by Gasteiger charge is -2.11. The molecule has 164 valence electrons. The van der Waals surface area contributed by atoms with Crippen molar-refractivity contribution < 1.29 is 24.2 Å². The molecule has 0 fully saturated rings. The molecule has 1 aliphatic heterocycles. The molecule has 0 unspecified atom stereocenters. The molecule has 2 aromatic carbocycles. The molecule has 3 N–H and O–H groups in total. The third kappa shape index (κ3) is 6.51. The van der Waals surface area contributed by atoms with Crippen LogP contribution in [0.15, 0.2) is 45.4 Å². The Bertz CT molecular complexity index is 1010. The summed E-state index contributed by atoms with van der Waals surface area (Å²) < 4.78 is 12.7. The van der Waals surface area contributed by atoms with Crippen molar-refractivity contribution in [2.24, 2.45) is 0 Å². The summed E-state index contributed by atoms with van der Waals surface area (Å²) >= 11 is 9.11. The Morgan fingerprint density at radius 1 is 1.19 bits per heavy atom. The highest BCUT2D eigenvalue weighted by molar-refractivity contribution is 14.1. The number of allylic oxidation sites excluding steroid dienone is 1. The predicted octanol–water partition coefficient (Wildman–Crippen LogP) is 4.49. The maximum atomic E-state index is 12.3. The first-order chi connectivity index (χ1) is 14.9. The average molecular weight is 666 g/mol. The van der Waals surface area contributed by atoms with Gasteiger partial charge in [0.05, 0.1) is 28.8 Å². The molecule has 0 spiro atoms. The van der Waals surface area contributed by atoms with Crippen LogP contribution >= 0.6 is 54.5 Å². The third-order valence-corrected chi connectivity index (χ3v) is 6.16. The second-order valence-corrected chi connectivity index (χ2v) is 9.46. The Kier molecular flexibility index (Phi) is 8.90. The number of aliphatic hydroxyl groups is 1. The van der Waals surface area contributed by atoms with E-state index in [1.807, 2.05) is 36.4 Å². The molecule has 0 radical (unpaired) electrons. The van der Waals surface area contributed by atoms with Crippen molar-refractivity contribution in [3.63, 3.8) is 0 Å². The lowest BCUT2D eigenvalue weighted by Crippen LogP contribution is -2.30. The van der Waals surface area contributed by atoms with Gasteiger partial charge in [0.2, 0.25) is 0 Å². The van der Waals surface area contributed by atoms with Crippen molar-refractivity contribution >= 4 is 77.7 Å². The van der Waals surface area contributed by atoms with Crippen molar-refractivity contribution in [2.45, 2.75) is 6.42 Å². The number of amides is 2. The maximum Gasteiger partial charge on any atom is 0.412 e. The van der Waals surface area contributed by atoms with Gasteiger partial charge in [-0.3, -0.25) is 4.79 Å². The fraction of sp³-hybridized carbons (Fsp3) is 0.238. The lowest BCUT2D eigenvalue weighted by molar-refractivity contribution is -0.110. The number of aliphatic hydroxyl groups excluding tert-OH is 1. The Hall–Kier alpha value is -1.47. The highest BCUT2D eigenvalue weighted by atomic mass is 127. The number of carbonyl (C=O) groups excluding carboxylic acids is 2. The number of rotatable bonds is 8. The van der Waals surface area contributed by atoms with E-state index < -0.39 is 6.09 Å². The molecular weight excluding hydrogens is 647 g/mol. The fourth-order valence-corrected chi connectivity index (χ4v) is 4.87. The second-order valence-electron chi connectivity index (χ2n) is 6.51. The number of ether oxygens (including phenoxy) is 2. The van der Waals surface area contributed by atoms with Crippen LogP contribution in [0.2, 0.25) is 0 Å². The van der Waals surface area contributed by atoms with Crippen molar-refractivity contribution in [1.29, 1.82) is 0 Å². The van der Waals surface area contributed by atoms with Crippen LogP contribution in [0.5, 0.6) is 5.75 Å². The minimum absolute atomic E-state index is 0.0656. The number of benzene rings is 2. The minimum Gasteiger partial charge on any atom is -0.408 e. The number of halogens is 3. The van der Waals surface area contributed by atoms with Gasteiger partial charge in [-0.2, -0.15) is 0 Å². The molecule has 2 amide bonds. The molecule has 0 aliphatic carbocycles. The first-order valence-electron chi connectivity index (χ1n) is 9.32. The van der Waals surface area contributed by atoms with E-state index in [2.05, 4.69) is 65.1 Å². The van der Waals surface area contributed by atoms with E-state index in [-0.39, 0.29) is 32.3 Å². The average Bonchev–Trinajstić information content (AvgIpc) is 3.03. The van der Waals surface area contributed by atoms with Crippen LogP contribution in [0.3, 0.4) is 0 Å². The van der Waals surface area contributed by atoms with Gasteiger partial charge in [0.25, 0.3) is 5.91 Å². The van der Waals surface area contributed by atoms with Crippen molar-refractivity contribution in [2.75, 3.05) is 31.7 Å². The van der Waals surface area contributed by atoms with Crippen molar-refractivity contribution in [3.8, 4) is 5.75 Å². The standard InChI is InChI=1S/C21H19Br2IN2O5/c22-16-9-12(1-3-14-15-11-13(24)2-4-18(15)26-20(14)28)10-17(23)19(16)31-21(29)25-5-7-30-8-6-27/h2-4,9-11,27H,1,5-8H2,(H,25,29)(H,26,28)/b14-3-. The van der Waals surface area contributed by atoms with Gasteiger partial charge in [-0.15, -0.1) is 0 Å². The quantitative estimate of drug-likeness (QED) is 0.220. The summed E-state index contributed by atoms with van der Waals surface area (Å²) in [4.78, 5) is 24.3. The van der Waals surface area contributed by atoms with Crippen LogP contribution in [-0.2, 0) is 16.0 Å². The summed E-state index contributed by atoms with van der Waals surface area (Å²) in [7, 11) is 0. The smallest absolute Gasteiger partial charge is 0.408 e. The van der Waals surface area contributed by atoms with Gasteiger partial charge in [-0.25, -0.2) is 4.79 Å². The summed E-state index contributed by atoms with van der Waals surface area (Å²) in [5.41, 5.74) is 3.29. The highest BCUT2D eigenvalue weighted by Crippen LogP contribution is 2.36. The zero-order valence-corrected chi connectivity index (χ0v) is 21.5.